The summed E-state index contributed by atoms with van der Waals surface area (Å²) in [4.78, 5) is 23.2. The quantitative estimate of drug-likeness (QED) is 0.849. The number of benzene rings is 1. The van der Waals surface area contributed by atoms with E-state index in [1.807, 2.05) is 0 Å². The van der Waals surface area contributed by atoms with Gasteiger partial charge in [0, 0.05) is 0 Å². The van der Waals surface area contributed by atoms with Crippen molar-refractivity contribution in [3.8, 4) is 0 Å². The Kier molecular flexibility index (Phi) is 3.01. The molecule has 2 bridgehead atoms. The van der Waals surface area contributed by atoms with Crippen molar-refractivity contribution in [2.45, 2.75) is 31.8 Å². The number of fused-ring (bicyclic) bond motifs is 2. The second kappa shape index (κ2) is 4.68. The highest BCUT2D eigenvalue weighted by molar-refractivity contribution is 6.02. The number of aromatic carboxylic acids is 1. The van der Waals surface area contributed by atoms with Crippen LogP contribution in [0, 0.1) is 11.8 Å². The molecular formula is C15H16O4. The normalized spacial score (nSPS) is 28.3. The molecule has 1 aromatic carbocycles. The molecule has 2 saturated carbocycles. The number of rotatable bonds is 3. The first kappa shape index (κ1) is 12.2. The highest BCUT2D eigenvalue weighted by Gasteiger charge is 2.42. The lowest BCUT2D eigenvalue weighted by molar-refractivity contribution is 0.0154. The monoisotopic (exact) mass is 260 g/mol. The first-order chi connectivity index (χ1) is 9.15. The molecule has 0 saturated heterocycles. The minimum atomic E-state index is -1.10. The molecule has 0 aromatic heterocycles. The van der Waals surface area contributed by atoms with Crippen LogP contribution in [0.2, 0.25) is 0 Å². The minimum absolute atomic E-state index is 0.00987. The molecule has 1 aromatic rings. The fourth-order valence-corrected chi connectivity index (χ4v) is 3.38. The fraction of sp³-hybridized carbons (Fsp3) is 0.467. The number of carbonyl (C=O) groups is 2. The smallest absolute Gasteiger partial charge is 0.339 e. The fourth-order valence-electron chi connectivity index (χ4n) is 3.38. The molecule has 4 heteroatoms. The van der Waals surface area contributed by atoms with Gasteiger partial charge >= 0.3 is 11.9 Å². The van der Waals surface area contributed by atoms with Gasteiger partial charge in [-0.25, -0.2) is 9.59 Å². The Morgan fingerprint density at radius 3 is 2.42 bits per heavy atom. The Labute approximate surface area is 111 Å². The number of ether oxygens (including phenoxy) is 1. The van der Waals surface area contributed by atoms with Crippen LogP contribution in [0.4, 0.5) is 0 Å². The van der Waals surface area contributed by atoms with Crippen LogP contribution < -0.4 is 0 Å². The lowest BCUT2D eigenvalue weighted by Crippen LogP contribution is -2.25. The number of hydrogen-bond donors (Lipinski definition) is 1. The molecule has 0 amide bonds. The molecule has 0 radical (unpaired) electrons. The maximum Gasteiger partial charge on any atom is 0.339 e. The van der Waals surface area contributed by atoms with Crippen molar-refractivity contribution in [1.29, 1.82) is 0 Å². The predicted octanol–water partition coefficient (Wildman–Crippen LogP) is 2.73. The van der Waals surface area contributed by atoms with Crippen LogP contribution in [-0.2, 0) is 4.74 Å². The first-order valence-electron chi connectivity index (χ1n) is 6.68. The molecule has 0 spiro atoms. The molecule has 2 aliphatic carbocycles. The second-order valence-corrected chi connectivity index (χ2v) is 5.47. The summed E-state index contributed by atoms with van der Waals surface area (Å²) in [6.45, 7) is 0. The van der Waals surface area contributed by atoms with Crippen LogP contribution >= 0.6 is 0 Å². The molecule has 2 aliphatic rings. The molecule has 0 unspecified atom stereocenters. The zero-order chi connectivity index (χ0) is 13.4. The molecule has 3 atom stereocenters. The number of carboxylic acids is 1. The first-order valence-corrected chi connectivity index (χ1v) is 6.68. The summed E-state index contributed by atoms with van der Waals surface area (Å²) in [6.07, 6.45) is 4.44. The average Bonchev–Trinajstić information content (AvgIpc) is 3.01. The van der Waals surface area contributed by atoms with Crippen molar-refractivity contribution < 1.29 is 19.4 Å². The van der Waals surface area contributed by atoms with Crippen molar-refractivity contribution >= 4 is 11.9 Å². The SMILES string of the molecule is O=C(O)c1ccccc1C(=O)O[C@H]1C[C@H]2CC[C@@H]1C2. The van der Waals surface area contributed by atoms with Crippen LogP contribution in [0.15, 0.2) is 24.3 Å². The van der Waals surface area contributed by atoms with Crippen molar-refractivity contribution in [2.24, 2.45) is 11.8 Å². The summed E-state index contributed by atoms with van der Waals surface area (Å²) in [5.41, 5.74) is 0.161. The third kappa shape index (κ3) is 2.23. The zero-order valence-electron chi connectivity index (χ0n) is 10.5. The van der Waals surface area contributed by atoms with Gasteiger partial charge < -0.3 is 9.84 Å². The highest BCUT2D eigenvalue weighted by Crippen LogP contribution is 2.46. The van der Waals surface area contributed by atoms with Crippen LogP contribution in [0.3, 0.4) is 0 Å². The summed E-state index contributed by atoms with van der Waals surface area (Å²) in [5.74, 6) is -0.431. The van der Waals surface area contributed by atoms with E-state index >= 15 is 0 Å². The van der Waals surface area contributed by atoms with E-state index in [0.717, 1.165) is 19.3 Å². The van der Waals surface area contributed by atoms with E-state index in [9.17, 15) is 9.59 Å². The van der Waals surface area contributed by atoms with Gasteiger partial charge in [0.1, 0.15) is 6.10 Å². The molecule has 4 nitrogen and oxygen atoms in total. The topological polar surface area (TPSA) is 63.6 Å². The lowest BCUT2D eigenvalue weighted by atomic mass is 9.97. The number of hydrogen-bond acceptors (Lipinski definition) is 3. The Balaban J connectivity index is 1.76. The van der Waals surface area contributed by atoms with Crippen molar-refractivity contribution in [3.63, 3.8) is 0 Å². The molecular weight excluding hydrogens is 244 g/mol. The Morgan fingerprint density at radius 1 is 1.11 bits per heavy atom. The summed E-state index contributed by atoms with van der Waals surface area (Å²) in [5, 5.41) is 9.07. The maximum absolute atomic E-state index is 12.1. The van der Waals surface area contributed by atoms with E-state index < -0.39 is 11.9 Å². The summed E-state index contributed by atoms with van der Waals surface area (Å²) in [7, 11) is 0. The Hall–Kier alpha value is -1.84. The maximum atomic E-state index is 12.1. The van der Waals surface area contributed by atoms with E-state index in [1.165, 1.54) is 18.6 Å². The number of esters is 1. The molecule has 100 valence electrons. The standard InChI is InChI=1S/C15H16O4/c16-14(17)11-3-1-2-4-12(11)15(18)19-13-8-9-5-6-10(13)7-9/h1-4,9-10,13H,5-8H2,(H,16,17)/t9-,10+,13-/m0/s1. The third-order valence-electron chi connectivity index (χ3n) is 4.31. The van der Waals surface area contributed by atoms with Gasteiger partial charge in [0.25, 0.3) is 0 Å². The zero-order valence-corrected chi connectivity index (χ0v) is 10.5. The average molecular weight is 260 g/mol. The van der Waals surface area contributed by atoms with E-state index in [4.69, 9.17) is 9.84 Å². The summed E-state index contributed by atoms with van der Waals surface area (Å²) >= 11 is 0. The lowest BCUT2D eigenvalue weighted by Gasteiger charge is -2.22. The highest BCUT2D eigenvalue weighted by atomic mass is 16.5. The summed E-state index contributed by atoms with van der Waals surface area (Å²) in [6, 6.07) is 6.21. The van der Waals surface area contributed by atoms with Crippen LogP contribution in [0.1, 0.15) is 46.4 Å². The summed E-state index contributed by atoms with van der Waals surface area (Å²) < 4.78 is 5.52. The largest absolute Gasteiger partial charge is 0.478 e. The third-order valence-corrected chi connectivity index (χ3v) is 4.31. The van der Waals surface area contributed by atoms with Crippen LogP contribution in [-0.4, -0.2) is 23.1 Å². The van der Waals surface area contributed by atoms with Gasteiger partial charge in [0.05, 0.1) is 11.1 Å². The van der Waals surface area contributed by atoms with Gasteiger partial charge in [-0.15, -0.1) is 0 Å². The molecule has 3 rings (SSSR count). The predicted molar refractivity (Wildman–Crippen MR) is 68.1 cm³/mol. The van der Waals surface area contributed by atoms with Crippen molar-refractivity contribution in [1.82, 2.24) is 0 Å². The van der Waals surface area contributed by atoms with Crippen molar-refractivity contribution in [3.05, 3.63) is 35.4 Å². The number of carbonyl (C=O) groups excluding carboxylic acids is 1. The van der Waals surface area contributed by atoms with Gasteiger partial charge in [0.15, 0.2) is 0 Å². The number of carboxylic acid groups (broad SMARTS) is 1. The van der Waals surface area contributed by atoms with Gasteiger partial charge in [-0.1, -0.05) is 12.1 Å². The minimum Gasteiger partial charge on any atom is -0.478 e. The van der Waals surface area contributed by atoms with Crippen LogP contribution in [0.25, 0.3) is 0 Å². The van der Waals surface area contributed by atoms with E-state index in [0.29, 0.717) is 11.8 Å². The molecule has 0 heterocycles. The molecule has 0 aliphatic heterocycles. The molecule has 2 fully saturated rings. The van der Waals surface area contributed by atoms with Gasteiger partial charge in [-0.05, 0) is 49.7 Å². The molecule has 19 heavy (non-hydrogen) atoms. The van der Waals surface area contributed by atoms with Gasteiger partial charge in [-0.3, -0.25) is 0 Å². The van der Waals surface area contributed by atoms with E-state index in [1.54, 1.807) is 12.1 Å². The Morgan fingerprint density at radius 2 is 1.84 bits per heavy atom. The van der Waals surface area contributed by atoms with E-state index in [2.05, 4.69) is 0 Å². The second-order valence-electron chi connectivity index (χ2n) is 5.47. The molecule has 1 N–H and O–H groups in total. The Bertz CT molecular complexity index is 523. The van der Waals surface area contributed by atoms with E-state index in [-0.39, 0.29) is 17.2 Å². The van der Waals surface area contributed by atoms with Crippen molar-refractivity contribution in [2.75, 3.05) is 0 Å². The van der Waals surface area contributed by atoms with Gasteiger partial charge in [0.2, 0.25) is 0 Å². The van der Waals surface area contributed by atoms with Crippen LogP contribution in [0.5, 0.6) is 0 Å². The van der Waals surface area contributed by atoms with Gasteiger partial charge in [-0.2, -0.15) is 0 Å².